The van der Waals surface area contributed by atoms with Gasteiger partial charge in [0, 0.05) is 25.0 Å². The van der Waals surface area contributed by atoms with Gasteiger partial charge in [0.1, 0.15) is 5.60 Å². The third-order valence-corrected chi connectivity index (χ3v) is 5.36. The predicted molar refractivity (Wildman–Crippen MR) is 117 cm³/mol. The molecular formula is C24H35F3N2O3. The number of nitrogens with one attached hydrogen (secondary N) is 1. The van der Waals surface area contributed by atoms with Gasteiger partial charge >= 0.3 is 12.3 Å². The van der Waals surface area contributed by atoms with Crippen molar-refractivity contribution >= 4 is 12.0 Å². The molecule has 180 valence electrons. The van der Waals surface area contributed by atoms with E-state index in [0.717, 1.165) is 17.7 Å². The van der Waals surface area contributed by atoms with Gasteiger partial charge in [0.2, 0.25) is 5.91 Å². The molecule has 0 radical (unpaired) electrons. The predicted octanol–water partition coefficient (Wildman–Crippen LogP) is 5.70. The Hall–Kier alpha value is -2.25. The van der Waals surface area contributed by atoms with Crippen LogP contribution < -0.4 is 5.32 Å². The number of benzene rings is 1. The smallest absolute Gasteiger partial charge is 0.416 e. The molecule has 8 heteroatoms. The molecule has 1 aromatic rings. The molecule has 0 spiro atoms. The van der Waals surface area contributed by atoms with E-state index in [0.29, 0.717) is 37.8 Å². The second-order valence-corrected chi connectivity index (χ2v) is 9.55. The standard InChI is InChI=1S/C21H27F3N2O3.C3H8/c1-20(2,3)29-19(28)25-17-7-5-14(11-17)18(27)26-9-8-13-4-6-16(21(22,23)24)10-15(13)12-26;1-3-2/h4,6,10,14,17H,5,7-9,11-12H2,1-3H3,(H,25,28);3H2,1-2H3/t14-,17+;/m0./s1. The molecule has 1 fully saturated rings. The van der Waals surface area contributed by atoms with Crippen LogP contribution in [-0.4, -0.2) is 35.1 Å². The lowest BCUT2D eigenvalue weighted by Crippen LogP contribution is -2.41. The molecule has 1 aliphatic carbocycles. The van der Waals surface area contributed by atoms with Gasteiger partial charge in [0.25, 0.3) is 0 Å². The van der Waals surface area contributed by atoms with Gasteiger partial charge in [-0.25, -0.2) is 4.79 Å². The van der Waals surface area contributed by atoms with Crippen molar-refractivity contribution < 1.29 is 27.5 Å². The molecule has 1 heterocycles. The molecule has 0 unspecified atom stereocenters. The van der Waals surface area contributed by atoms with Crippen molar-refractivity contribution in [1.29, 1.82) is 0 Å². The number of halogens is 3. The number of ether oxygens (including phenoxy) is 1. The van der Waals surface area contributed by atoms with Crippen LogP contribution in [0.25, 0.3) is 0 Å². The van der Waals surface area contributed by atoms with Gasteiger partial charge in [-0.15, -0.1) is 0 Å². The third-order valence-electron chi connectivity index (χ3n) is 5.36. The number of amides is 2. The molecule has 1 aromatic carbocycles. The van der Waals surface area contributed by atoms with E-state index in [1.54, 1.807) is 25.7 Å². The van der Waals surface area contributed by atoms with Gasteiger partial charge in [-0.1, -0.05) is 26.3 Å². The molecular weight excluding hydrogens is 421 g/mol. The number of nitrogens with zero attached hydrogens (tertiary/aromatic N) is 1. The van der Waals surface area contributed by atoms with Crippen molar-refractivity contribution in [2.75, 3.05) is 6.54 Å². The van der Waals surface area contributed by atoms with Crippen LogP contribution in [0.5, 0.6) is 0 Å². The lowest BCUT2D eigenvalue weighted by molar-refractivity contribution is -0.137. The van der Waals surface area contributed by atoms with E-state index in [1.165, 1.54) is 12.5 Å². The van der Waals surface area contributed by atoms with E-state index in [-0.39, 0.29) is 24.4 Å². The van der Waals surface area contributed by atoms with Crippen molar-refractivity contribution in [3.8, 4) is 0 Å². The zero-order valence-corrected chi connectivity index (χ0v) is 19.6. The maximum atomic E-state index is 13.0. The Morgan fingerprint density at radius 3 is 2.38 bits per heavy atom. The number of hydrogen-bond acceptors (Lipinski definition) is 3. The monoisotopic (exact) mass is 456 g/mol. The van der Waals surface area contributed by atoms with E-state index in [1.807, 2.05) is 0 Å². The lowest BCUT2D eigenvalue weighted by Gasteiger charge is -2.31. The van der Waals surface area contributed by atoms with Crippen LogP contribution in [0.2, 0.25) is 0 Å². The van der Waals surface area contributed by atoms with Crippen LogP contribution in [0, 0.1) is 5.92 Å². The normalized spacial score (nSPS) is 20.7. The maximum absolute atomic E-state index is 13.0. The van der Waals surface area contributed by atoms with Crippen molar-refractivity contribution in [3.63, 3.8) is 0 Å². The first-order valence-electron chi connectivity index (χ1n) is 11.3. The Morgan fingerprint density at radius 2 is 1.78 bits per heavy atom. The van der Waals surface area contributed by atoms with E-state index >= 15 is 0 Å². The summed E-state index contributed by atoms with van der Waals surface area (Å²) in [6.07, 6.45) is -1.26. The Kier molecular flexibility index (Phi) is 8.60. The van der Waals surface area contributed by atoms with Crippen LogP contribution in [0.1, 0.15) is 77.0 Å². The van der Waals surface area contributed by atoms with Gasteiger partial charge < -0.3 is 15.0 Å². The summed E-state index contributed by atoms with van der Waals surface area (Å²) in [4.78, 5) is 26.5. The molecule has 0 aromatic heterocycles. The number of alkyl carbamates (subject to hydrolysis) is 1. The fourth-order valence-electron chi connectivity index (χ4n) is 3.99. The minimum Gasteiger partial charge on any atom is -0.444 e. The quantitative estimate of drug-likeness (QED) is 0.621. The van der Waals surface area contributed by atoms with Crippen molar-refractivity contribution in [2.24, 2.45) is 5.92 Å². The van der Waals surface area contributed by atoms with Gasteiger partial charge in [-0.3, -0.25) is 4.79 Å². The first kappa shape index (κ1) is 26.0. The largest absolute Gasteiger partial charge is 0.444 e. The van der Waals surface area contributed by atoms with E-state index in [4.69, 9.17) is 4.74 Å². The Labute approximate surface area is 188 Å². The Bertz CT molecular complexity index is 803. The minimum absolute atomic E-state index is 0.0541. The summed E-state index contributed by atoms with van der Waals surface area (Å²) >= 11 is 0. The Morgan fingerprint density at radius 1 is 1.12 bits per heavy atom. The molecule has 3 rings (SSSR count). The van der Waals surface area contributed by atoms with Gasteiger partial charge in [0.15, 0.2) is 0 Å². The first-order chi connectivity index (χ1) is 14.8. The number of carbonyl (C=O) groups is 2. The van der Waals surface area contributed by atoms with E-state index < -0.39 is 23.4 Å². The summed E-state index contributed by atoms with van der Waals surface area (Å²) < 4.78 is 44.2. The lowest BCUT2D eigenvalue weighted by atomic mass is 9.95. The van der Waals surface area contributed by atoms with Crippen LogP contribution in [-0.2, 0) is 28.7 Å². The van der Waals surface area contributed by atoms with Crippen molar-refractivity contribution in [3.05, 3.63) is 34.9 Å². The average Bonchev–Trinajstić information content (AvgIpc) is 3.13. The number of fused-ring (bicyclic) bond motifs is 1. The highest BCUT2D eigenvalue weighted by Crippen LogP contribution is 2.33. The molecule has 1 saturated carbocycles. The molecule has 2 atom stereocenters. The summed E-state index contributed by atoms with van der Waals surface area (Å²) in [5.74, 6) is -0.288. The molecule has 5 nitrogen and oxygen atoms in total. The zero-order chi connectivity index (χ0) is 24.1. The van der Waals surface area contributed by atoms with Crippen molar-refractivity contribution in [1.82, 2.24) is 10.2 Å². The number of hydrogen-bond donors (Lipinski definition) is 1. The van der Waals surface area contributed by atoms with Crippen LogP contribution in [0.15, 0.2) is 18.2 Å². The van der Waals surface area contributed by atoms with Crippen LogP contribution >= 0.6 is 0 Å². The third kappa shape index (κ3) is 7.41. The SMILES string of the molecule is CC(C)(C)OC(=O)N[C@@H]1CC[C@H](C(=O)N2CCc3ccc(C(F)(F)F)cc3C2)C1.CCC. The van der Waals surface area contributed by atoms with Gasteiger partial charge in [0.05, 0.1) is 5.56 Å². The number of rotatable bonds is 2. The summed E-state index contributed by atoms with van der Waals surface area (Å²) in [5, 5.41) is 2.81. The topological polar surface area (TPSA) is 58.6 Å². The van der Waals surface area contributed by atoms with Crippen LogP contribution in [0.4, 0.5) is 18.0 Å². The van der Waals surface area contributed by atoms with E-state index in [2.05, 4.69) is 19.2 Å². The molecule has 2 amide bonds. The fourth-order valence-corrected chi connectivity index (χ4v) is 3.99. The zero-order valence-electron chi connectivity index (χ0n) is 19.6. The summed E-state index contributed by atoms with van der Waals surface area (Å²) in [6, 6.07) is 3.63. The highest BCUT2D eigenvalue weighted by atomic mass is 19.4. The molecule has 0 saturated heterocycles. The summed E-state index contributed by atoms with van der Waals surface area (Å²) in [6.45, 7) is 10.3. The number of carbonyl (C=O) groups excluding carboxylic acids is 2. The van der Waals surface area contributed by atoms with E-state index in [9.17, 15) is 22.8 Å². The highest BCUT2D eigenvalue weighted by Gasteiger charge is 2.36. The Balaban J connectivity index is 0.00000114. The van der Waals surface area contributed by atoms with Gasteiger partial charge in [-0.2, -0.15) is 13.2 Å². The number of alkyl halides is 3. The molecule has 32 heavy (non-hydrogen) atoms. The maximum Gasteiger partial charge on any atom is 0.416 e. The van der Waals surface area contributed by atoms with Crippen molar-refractivity contribution in [2.45, 2.75) is 91.1 Å². The minimum atomic E-state index is -4.40. The van der Waals surface area contributed by atoms with Gasteiger partial charge in [-0.05, 0) is 69.7 Å². The first-order valence-corrected chi connectivity index (χ1v) is 11.3. The van der Waals surface area contributed by atoms with Crippen LogP contribution in [0.3, 0.4) is 0 Å². The highest BCUT2D eigenvalue weighted by molar-refractivity contribution is 5.80. The summed E-state index contributed by atoms with van der Waals surface area (Å²) in [7, 11) is 0. The average molecular weight is 457 g/mol. The fraction of sp³-hybridized carbons (Fsp3) is 0.667. The molecule has 0 bridgehead atoms. The second kappa shape index (κ2) is 10.6. The molecule has 1 N–H and O–H groups in total. The second-order valence-electron chi connectivity index (χ2n) is 9.55. The summed E-state index contributed by atoms with van der Waals surface area (Å²) in [5.41, 5.74) is 0.140. The molecule has 1 aliphatic heterocycles. The molecule has 2 aliphatic rings.